The molecular formula is C21H23F3N2O7S. The minimum atomic E-state index is -4.20. The molecule has 1 atom stereocenters. The number of benzene rings is 2. The first-order valence-corrected chi connectivity index (χ1v) is 11.6. The first kappa shape index (κ1) is 25.9. The van der Waals surface area contributed by atoms with E-state index < -0.39 is 39.5 Å². The Labute approximate surface area is 194 Å². The van der Waals surface area contributed by atoms with Crippen molar-refractivity contribution < 1.29 is 45.7 Å². The summed E-state index contributed by atoms with van der Waals surface area (Å²) in [6.45, 7) is -0.0502. The highest BCUT2D eigenvalue weighted by atomic mass is 32.2. The average molecular weight is 504 g/mol. The van der Waals surface area contributed by atoms with Gasteiger partial charge in [-0.2, -0.15) is 4.31 Å². The first-order valence-electron chi connectivity index (χ1n) is 10.1. The SMILES string of the molecule is COc1ccc(C(=O)Nc2cc(F)c(F)c(F)c2)cc1S(=O)(=O)N1CCOCC(OCCO)C1. The summed E-state index contributed by atoms with van der Waals surface area (Å²) in [5, 5.41) is 11.2. The quantitative estimate of drug-likeness (QED) is 0.527. The van der Waals surface area contributed by atoms with E-state index >= 15 is 0 Å². The van der Waals surface area contributed by atoms with Crippen LogP contribution >= 0.6 is 0 Å². The van der Waals surface area contributed by atoms with E-state index in [0.717, 1.165) is 10.4 Å². The minimum Gasteiger partial charge on any atom is -0.495 e. The van der Waals surface area contributed by atoms with E-state index in [1.165, 1.54) is 19.2 Å². The van der Waals surface area contributed by atoms with Gasteiger partial charge in [-0.1, -0.05) is 0 Å². The number of halogens is 3. The Balaban J connectivity index is 1.90. The van der Waals surface area contributed by atoms with Gasteiger partial charge in [-0.25, -0.2) is 21.6 Å². The molecule has 0 saturated carbocycles. The van der Waals surface area contributed by atoms with Crippen LogP contribution in [0.15, 0.2) is 35.2 Å². The third-order valence-electron chi connectivity index (χ3n) is 4.93. The number of nitrogens with one attached hydrogen (secondary N) is 1. The fourth-order valence-corrected chi connectivity index (χ4v) is 4.92. The molecule has 1 amide bonds. The number of methoxy groups -OCH3 is 1. The Morgan fingerprint density at radius 1 is 1.24 bits per heavy atom. The van der Waals surface area contributed by atoms with Crippen molar-refractivity contribution in [2.45, 2.75) is 11.0 Å². The molecule has 1 heterocycles. The van der Waals surface area contributed by atoms with Gasteiger partial charge in [0.1, 0.15) is 10.6 Å². The Kier molecular flexibility index (Phi) is 8.49. The molecule has 1 aliphatic heterocycles. The van der Waals surface area contributed by atoms with Crippen LogP contribution in [-0.4, -0.2) is 76.5 Å². The summed E-state index contributed by atoms with van der Waals surface area (Å²) in [6, 6.07) is 4.79. The molecule has 0 spiro atoms. The van der Waals surface area contributed by atoms with Gasteiger partial charge in [-0.3, -0.25) is 4.79 Å². The topological polar surface area (TPSA) is 114 Å². The van der Waals surface area contributed by atoms with Crippen molar-refractivity contribution in [1.29, 1.82) is 0 Å². The molecule has 1 saturated heterocycles. The Bertz CT molecular complexity index is 1120. The second-order valence-electron chi connectivity index (χ2n) is 7.23. The molecule has 0 aliphatic carbocycles. The molecule has 1 aliphatic rings. The molecule has 2 aromatic rings. The maximum atomic E-state index is 13.5. The van der Waals surface area contributed by atoms with Crippen molar-refractivity contribution in [3.63, 3.8) is 0 Å². The number of ether oxygens (including phenoxy) is 3. The van der Waals surface area contributed by atoms with Crippen LogP contribution in [0.1, 0.15) is 10.4 Å². The van der Waals surface area contributed by atoms with Crippen LogP contribution in [0.3, 0.4) is 0 Å². The van der Waals surface area contributed by atoms with Gasteiger partial charge in [-0.05, 0) is 18.2 Å². The molecule has 2 aromatic carbocycles. The van der Waals surface area contributed by atoms with Crippen molar-refractivity contribution in [1.82, 2.24) is 4.31 Å². The van der Waals surface area contributed by atoms with E-state index in [2.05, 4.69) is 5.32 Å². The number of rotatable bonds is 8. The number of hydrogen-bond donors (Lipinski definition) is 2. The molecule has 0 radical (unpaired) electrons. The number of anilines is 1. The fraction of sp³-hybridized carbons (Fsp3) is 0.381. The first-order chi connectivity index (χ1) is 16.2. The van der Waals surface area contributed by atoms with Crippen molar-refractivity contribution >= 4 is 21.6 Å². The zero-order chi connectivity index (χ0) is 24.9. The number of carbonyl (C=O) groups is 1. The predicted molar refractivity (Wildman–Crippen MR) is 114 cm³/mol. The van der Waals surface area contributed by atoms with E-state index in [-0.39, 0.29) is 61.4 Å². The van der Waals surface area contributed by atoms with Gasteiger partial charge in [-0.15, -0.1) is 0 Å². The zero-order valence-corrected chi connectivity index (χ0v) is 18.9. The largest absolute Gasteiger partial charge is 0.495 e. The van der Waals surface area contributed by atoms with Crippen LogP contribution in [0.4, 0.5) is 18.9 Å². The van der Waals surface area contributed by atoms with E-state index in [4.69, 9.17) is 19.3 Å². The number of aliphatic hydroxyl groups is 1. The lowest BCUT2D eigenvalue weighted by molar-refractivity contribution is -0.0157. The number of amides is 1. The number of sulfonamides is 1. The minimum absolute atomic E-state index is 0.00542. The molecule has 1 fully saturated rings. The van der Waals surface area contributed by atoms with E-state index in [1.807, 2.05) is 0 Å². The average Bonchev–Trinajstić information content (AvgIpc) is 3.07. The van der Waals surface area contributed by atoms with E-state index in [0.29, 0.717) is 12.1 Å². The van der Waals surface area contributed by atoms with Crippen LogP contribution in [0.25, 0.3) is 0 Å². The summed E-state index contributed by atoms with van der Waals surface area (Å²) < 4.78 is 84.0. The number of aliphatic hydroxyl groups excluding tert-OH is 1. The van der Waals surface area contributed by atoms with Crippen molar-refractivity contribution in [3.8, 4) is 5.75 Å². The molecule has 186 valence electrons. The lowest BCUT2D eigenvalue weighted by Gasteiger charge is -2.24. The van der Waals surface area contributed by atoms with Gasteiger partial charge in [0.15, 0.2) is 17.5 Å². The number of nitrogens with zero attached hydrogens (tertiary/aromatic N) is 1. The predicted octanol–water partition coefficient (Wildman–Crippen LogP) is 1.76. The highest BCUT2D eigenvalue weighted by Gasteiger charge is 2.32. The molecular weight excluding hydrogens is 481 g/mol. The summed E-state index contributed by atoms with van der Waals surface area (Å²) in [5.41, 5.74) is -0.501. The summed E-state index contributed by atoms with van der Waals surface area (Å²) in [5.74, 6) is -5.58. The second kappa shape index (κ2) is 11.1. The van der Waals surface area contributed by atoms with Gasteiger partial charge in [0.05, 0.1) is 39.6 Å². The summed E-state index contributed by atoms with van der Waals surface area (Å²) in [6.07, 6.45) is -0.620. The maximum Gasteiger partial charge on any atom is 0.255 e. The van der Waals surface area contributed by atoms with Gasteiger partial charge >= 0.3 is 0 Å². The molecule has 34 heavy (non-hydrogen) atoms. The molecule has 0 aromatic heterocycles. The monoisotopic (exact) mass is 504 g/mol. The lowest BCUT2D eigenvalue weighted by Crippen LogP contribution is -2.39. The molecule has 9 nitrogen and oxygen atoms in total. The number of carbonyl (C=O) groups excluding carboxylic acids is 1. The molecule has 1 unspecified atom stereocenters. The van der Waals surface area contributed by atoms with Crippen LogP contribution in [0.5, 0.6) is 5.75 Å². The Morgan fingerprint density at radius 3 is 2.59 bits per heavy atom. The third-order valence-corrected chi connectivity index (χ3v) is 6.81. The fourth-order valence-electron chi connectivity index (χ4n) is 3.28. The smallest absolute Gasteiger partial charge is 0.255 e. The summed E-state index contributed by atoms with van der Waals surface area (Å²) >= 11 is 0. The molecule has 3 rings (SSSR count). The standard InChI is InChI=1S/C21H23F3N2O7S/c1-31-18-3-2-13(21(28)25-14-9-16(22)20(24)17(23)10-14)8-19(18)34(29,30)26-4-6-32-12-15(11-26)33-7-5-27/h2-3,8-10,15,27H,4-7,11-12H2,1H3,(H,25,28). The van der Waals surface area contributed by atoms with Gasteiger partial charge < -0.3 is 24.6 Å². The summed E-state index contributed by atoms with van der Waals surface area (Å²) in [4.78, 5) is 12.3. The van der Waals surface area contributed by atoms with Gasteiger partial charge in [0, 0.05) is 36.5 Å². The summed E-state index contributed by atoms with van der Waals surface area (Å²) in [7, 11) is -2.94. The van der Waals surface area contributed by atoms with Crippen LogP contribution in [0.2, 0.25) is 0 Å². The maximum absolute atomic E-state index is 13.5. The lowest BCUT2D eigenvalue weighted by atomic mass is 10.2. The van der Waals surface area contributed by atoms with Gasteiger partial charge in [0.2, 0.25) is 10.0 Å². The van der Waals surface area contributed by atoms with Crippen molar-refractivity contribution in [3.05, 3.63) is 53.3 Å². The zero-order valence-electron chi connectivity index (χ0n) is 18.1. The number of hydrogen-bond acceptors (Lipinski definition) is 7. The Hall–Kier alpha value is -2.71. The van der Waals surface area contributed by atoms with Gasteiger partial charge in [0.25, 0.3) is 5.91 Å². The third kappa shape index (κ3) is 5.85. The normalized spacial score (nSPS) is 17.3. The molecule has 0 bridgehead atoms. The second-order valence-corrected chi connectivity index (χ2v) is 9.13. The van der Waals surface area contributed by atoms with Crippen molar-refractivity contribution in [2.75, 3.05) is 51.9 Å². The highest BCUT2D eigenvalue weighted by Crippen LogP contribution is 2.29. The molecule has 13 heteroatoms. The Morgan fingerprint density at radius 2 is 1.94 bits per heavy atom. The van der Waals surface area contributed by atoms with Crippen LogP contribution < -0.4 is 10.1 Å². The van der Waals surface area contributed by atoms with Crippen molar-refractivity contribution in [2.24, 2.45) is 0 Å². The van der Waals surface area contributed by atoms with E-state index in [1.54, 1.807) is 0 Å². The van der Waals surface area contributed by atoms with Crippen LogP contribution in [-0.2, 0) is 19.5 Å². The van der Waals surface area contributed by atoms with Crippen LogP contribution in [0, 0.1) is 17.5 Å². The highest BCUT2D eigenvalue weighted by molar-refractivity contribution is 7.89. The van der Waals surface area contributed by atoms with E-state index in [9.17, 15) is 26.4 Å². The molecule has 2 N–H and O–H groups in total.